The molecule has 13 heteroatoms. The summed E-state index contributed by atoms with van der Waals surface area (Å²) in [5.74, 6) is -11.6. The van der Waals surface area contributed by atoms with Crippen molar-refractivity contribution in [2.75, 3.05) is 18.4 Å². The number of pyridine rings is 1. The van der Waals surface area contributed by atoms with E-state index in [9.17, 15) is 36.3 Å². The number of nitrogens with one attached hydrogen (secondary N) is 1. The summed E-state index contributed by atoms with van der Waals surface area (Å²) in [4.78, 5) is 18.3. The van der Waals surface area contributed by atoms with E-state index in [2.05, 4.69) is 10.3 Å². The van der Waals surface area contributed by atoms with E-state index in [1.54, 1.807) is 11.8 Å². The van der Waals surface area contributed by atoms with Gasteiger partial charge in [0.2, 0.25) is 18.3 Å². The molecule has 1 amide bonds. The lowest BCUT2D eigenvalue weighted by molar-refractivity contribution is -0.904. The van der Waals surface area contributed by atoms with Crippen molar-refractivity contribution >= 4 is 11.7 Å². The number of likely N-dealkylation sites (tertiary alicyclic amines) is 1. The third kappa shape index (κ3) is 5.15. The molecule has 4 rings (SSSR count). The lowest BCUT2D eigenvalue weighted by atomic mass is 9.87. The second kappa shape index (κ2) is 9.80. The van der Waals surface area contributed by atoms with E-state index in [0.717, 1.165) is 4.73 Å². The highest BCUT2D eigenvalue weighted by atomic mass is 19.3. The van der Waals surface area contributed by atoms with Crippen LogP contribution in [0.1, 0.15) is 30.4 Å². The van der Waals surface area contributed by atoms with Crippen molar-refractivity contribution in [2.45, 2.75) is 37.8 Å². The second-order valence-electron chi connectivity index (χ2n) is 8.63. The molecule has 3 heterocycles. The molecule has 2 N–H and O–H groups in total. The predicted octanol–water partition coefficient (Wildman–Crippen LogP) is 3.46. The van der Waals surface area contributed by atoms with Gasteiger partial charge in [-0.25, -0.2) is 31.3 Å². The zero-order chi connectivity index (χ0) is 26.2. The molecular weight excluding hydrogens is 492 g/mol. The van der Waals surface area contributed by atoms with E-state index >= 15 is 0 Å². The Morgan fingerprint density at radius 2 is 1.92 bits per heavy atom. The average molecular weight is 514 g/mol. The Morgan fingerprint density at radius 1 is 1.22 bits per heavy atom. The quantitative estimate of drug-likeness (QED) is 0.174. The number of alkyl halides is 2. The molecule has 1 aliphatic heterocycles. The third-order valence-electron chi connectivity index (χ3n) is 6.24. The summed E-state index contributed by atoms with van der Waals surface area (Å²) in [5.41, 5.74) is -0.134. The highest BCUT2D eigenvalue weighted by Gasteiger charge is 2.46. The van der Waals surface area contributed by atoms with E-state index in [4.69, 9.17) is 0 Å². The number of imidazole rings is 1. The van der Waals surface area contributed by atoms with Crippen LogP contribution in [0.5, 0.6) is 0 Å². The molecule has 0 saturated carbocycles. The van der Waals surface area contributed by atoms with E-state index in [0.29, 0.717) is 11.6 Å². The van der Waals surface area contributed by atoms with Gasteiger partial charge in [0.25, 0.3) is 5.92 Å². The molecule has 1 aromatic carbocycles. The smallest absolute Gasteiger partial charge is 0.257 e. The number of benzene rings is 1. The SMILES string of the molecule is C[C@@H](C(=O)Nc1cn(Cc2cc(F)c(F)c(F)c2F)cn1)N1CCC(F)(F)[C@@H](c2cc[n+](O)cc2)C1. The normalized spacial score (nSPS) is 18.7. The van der Waals surface area contributed by atoms with Crippen molar-refractivity contribution in [3.8, 4) is 0 Å². The predicted molar refractivity (Wildman–Crippen MR) is 113 cm³/mol. The third-order valence-corrected chi connectivity index (χ3v) is 6.24. The van der Waals surface area contributed by atoms with E-state index in [1.807, 2.05) is 0 Å². The van der Waals surface area contributed by atoms with Crippen molar-refractivity contribution in [3.05, 3.63) is 77.5 Å². The first-order valence-corrected chi connectivity index (χ1v) is 10.9. The first kappa shape index (κ1) is 25.5. The van der Waals surface area contributed by atoms with Gasteiger partial charge in [0.05, 0.1) is 24.8 Å². The van der Waals surface area contributed by atoms with Crippen LogP contribution >= 0.6 is 0 Å². The van der Waals surface area contributed by atoms with Crippen molar-refractivity contribution in [2.24, 2.45) is 0 Å². The van der Waals surface area contributed by atoms with Crippen LogP contribution in [0.15, 0.2) is 43.1 Å². The summed E-state index contributed by atoms with van der Waals surface area (Å²) in [6.07, 6.45) is 4.49. The lowest BCUT2D eigenvalue weighted by Crippen LogP contribution is -2.52. The van der Waals surface area contributed by atoms with Crippen LogP contribution in [0, 0.1) is 23.3 Å². The Bertz CT molecular complexity index is 1270. The first-order valence-electron chi connectivity index (χ1n) is 10.9. The van der Waals surface area contributed by atoms with Crippen LogP contribution in [0.4, 0.5) is 32.2 Å². The van der Waals surface area contributed by atoms with Gasteiger partial charge in [0.1, 0.15) is 0 Å². The molecule has 2 atom stereocenters. The van der Waals surface area contributed by atoms with Crippen molar-refractivity contribution < 1.29 is 41.1 Å². The summed E-state index contributed by atoms with van der Waals surface area (Å²) in [7, 11) is 0. The van der Waals surface area contributed by atoms with Gasteiger partial charge in [-0.1, -0.05) is 0 Å². The maximum absolute atomic E-state index is 14.6. The molecule has 0 bridgehead atoms. The molecule has 3 aromatic rings. The number of anilines is 1. The first-order chi connectivity index (χ1) is 17.0. The lowest BCUT2D eigenvalue weighted by Gasteiger charge is -2.40. The molecule has 2 aromatic heterocycles. The fourth-order valence-corrected chi connectivity index (χ4v) is 4.13. The van der Waals surface area contributed by atoms with Gasteiger partial charge in [0, 0.05) is 48.1 Å². The van der Waals surface area contributed by atoms with Gasteiger partial charge in [-0.2, -0.15) is 0 Å². The molecule has 1 fully saturated rings. The van der Waals surface area contributed by atoms with Crippen LogP contribution < -0.4 is 10.0 Å². The zero-order valence-electron chi connectivity index (χ0n) is 18.9. The largest absolute Gasteiger partial charge is 0.331 e. The molecule has 0 spiro atoms. The molecule has 1 saturated heterocycles. The number of halogens is 6. The minimum atomic E-state index is -3.00. The van der Waals surface area contributed by atoms with Crippen molar-refractivity contribution in [1.82, 2.24) is 14.5 Å². The van der Waals surface area contributed by atoms with E-state index in [1.165, 1.54) is 41.6 Å². The number of amides is 1. The maximum Gasteiger partial charge on any atom is 0.257 e. The summed E-state index contributed by atoms with van der Waals surface area (Å²) < 4.78 is 85.2. The summed E-state index contributed by atoms with van der Waals surface area (Å²) in [5, 5.41) is 11.9. The van der Waals surface area contributed by atoms with Crippen molar-refractivity contribution in [1.29, 1.82) is 0 Å². The number of hydrogen-bond acceptors (Lipinski definition) is 4. The molecular formula is C23H22F6N5O2+. The number of hydrogen-bond donors (Lipinski definition) is 2. The molecule has 36 heavy (non-hydrogen) atoms. The number of aromatic nitrogens is 3. The number of carbonyl (C=O) groups is 1. The topological polar surface area (TPSA) is 74.3 Å². The standard InChI is InChI=1S/C23H21F6N5O2/c1-13(33-7-4-23(28,29)16(10-33)14-2-5-34(36)6-3-14)22(35)31-18-11-32(12-30-18)9-15-8-17(24)20(26)21(27)19(15)25/h2-3,5-6,8,11-13,16H,4,7,9-10H2,1H3,(H-,31,35,36)/p+1/t13-,16+/m0/s1. The molecule has 0 unspecified atom stereocenters. The van der Waals surface area contributed by atoms with Crippen LogP contribution in [0.25, 0.3) is 0 Å². The van der Waals surface area contributed by atoms with Gasteiger partial charge >= 0.3 is 0 Å². The Hall–Kier alpha value is -3.61. The average Bonchev–Trinajstić information content (AvgIpc) is 3.28. The van der Waals surface area contributed by atoms with Crippen LogP contribution in [-0.4, -0.2) is 50.6 Å². The fourth-order valence-electron chi connectivity index (χ4n) is 4.13. The highest BCUT2D eigenvalue weighted by Crippen LogP contribution is 2.40. The second-order valence-corrected chi connectivity index (χ2v) is 8.63. The monoisotopic (exact) mass is 514 g/mol. The van der Waals surface area contributed by atoms with E-state index < -0.39 is 59.0 Å². The van der Waals surface area contributed by atoms with E-state index in [-0.39, 0.29) is 25.5 Å². The molecule has 0 aliphatic carbocycles. The molecule has 1 aliphatic rings. The van der Waals surface area contributed by atoms with Crippen LogP contribution in [-0.2, 0) is 11.3 Å². The Kier molecular flexibility index (Phi) is 6.94. The Labute approximate surface area is 201 Å². The van der Waals surface area contributed by atoms with Gasteiger partial charge in [-0.3, -0.25) is 14.9 Å². The maximum atomic E-state index is 14.6. The number of rotatable bonds is 6. The summed E-state index contributed by atoms with van der Waals surface area (Å²) >= 11 is 0. The van der Waals surface area contributed by atoms with Gasteiger partial charge in [-0.15, -0.1) is 0 Å². The summed E-state index contributed by atoms with van der Waals surface area (Å²) in [6, 6.07) is 2.50. The molecule has 192 valence electrons. The van der Waals surface area contributed by atoms with Gasteiger partial charge in [0.15, 0.2) is 29.1 Å². The summed E-state index contributed by atoms with van der Waals surface area (Å²) in [6.45, 7) is 1.04. The highest BCUT2D eigenvalue weighted by molar-refractivity contribution is 5.93. The molecule has 7 nitrogen and oxygen atoms in total. The number of nitrogens with zero attached hydrogens (tertiary/aromatic N) is 4. The van der Waals surface area contributed by atoms with Gasteiger partial charge < -0.3 is 9.88 Å². The Morgan fingerprint density at radius 3 is 2.61 bits per heavy atom. The number of piperidine rings is 1. The fraction of sp³-hybridized carbons (Fsp3) is 0.348. The van der Waals surface area contributed by atoms with Crippen molar-refractivity contribution in [3.63, 3.8) is 0 Å². The minimum Gasteiger partial charge on any atom is -0.331 e. The Balaban J connectivity index is 1.42. The zero-order valence-corrected chi connectivity index (χ0v) is 18.9. The van der Waals surface area contributed by atoms with Crippen LogP contribution in [0.3, 0.4) is 0 Å². The minimum absolute atomic E-state index is 0.0274. The molecule has 0 radical (unpaired) electrons. The van der Waals surface area contributed by atoms with Gasteiger partial charge in [-0.05, 0) is 18.6 Å². The van der Waals surface area contributed by atoms with Crippen LogP contribution in [0.2, 0.25) is 0 Å². The number of carbonyl (C=O) groups excluding carboxylic acids is 1.